The lowest BCUT2D eigenvalue weighted by atomic mass is 10.1. The van der Waals surface area contributed by atoms with Gasteiger partial charge in [0.25, 0.3) is 0 Å². The summed E-state index contributed by atoms with van der Waals surface area (Å²) in [5.41, 5.74) is 5.98. The zero-order valence-corrected chi connectivity index (χ0v) is 14.8. The molecular formula is C20H19N7. The first-order valence-electron chi connectivity index (χ1n) is 9.05. The summed E-state index contributed by atoms with van der Waals surface area (Å²) in [5, 5.41) is 18.9. The summed E-state index contributed by atoms with van der Waals surface area (Å²) < 4.78 is 1.42. The molecule has 2 aromatic heterocycles. The molecule has 0 saturated heterocycles. The molecule has 7 nitrogen and oxygen atoms in total. The minimum atomic E-state index is 0.633. The molecule has 0 aliphatic carbocycles. The Bertz CT molecular complexity index is 1070. The van der Waals surface area contributed by atoms with Gasteiger partial charge in [-0.2, -0.15) is 0 Å². The topological polar surface area (TPSA) is 71.2 Å². The second-order valence-corrected chi connectivity index (χ2v) is 6.72. The van der Waals surface area contributed by atoms with E-state index in [1.165, 1.54) is 27.0 Å². The van der Waals surface area contributed by atoms with Crippen LogP contribution in [0.2, 0.25) is 0 Å². The summed E-state index contributed by atoms with van der Waals surface area (Å²) in [4.78, 5) is 2.45. The van der Waals surface area contributed by atoms with Gasteiger partial charge in [-0.3, -0.25) is 0 Å². The Balaban J connectivity index is 1.23. The average molecular weight is 357 g/mol. The quantitative estimate of drug-likeness (QED) is 0.592. The number of para-hydroxylation sites is 1. The van der Waals surface area contributed by atoms with Crippen LogP contribution >= 0.6 is 0 Å². The Morgan fingerprint density at radius 2 is 1.78 bits per heavy atom. The minimum Gasteiger partial charge on any atom is -0.367 e. The van der Waals surface area contributed by atoms with Gasteiger partial charge < -0.3 is 10.2 Å². The normalized spacial score (nSPS) is 13.1. The maximum Gasteiger partial charge on any atom is 0.200 e. The van der Waals surface area contributed by atoms with Gasteiger partial charge in [0.05, 0.1) is 0 Å². The Morgan fingerprint density at radius 3 is 2.70 bits per heavy atom. The van der Waals surface area contributed by atoms with E-state index in [1.54, 1.807) is 0 Å². The number of benzene rings is 2. The number of nitrogens with zero attached hydrogens (tertiary/aromatic N) is 6. The zero-order valence-electron chi connectivity index (χ0n) is 14.8. The molecule has 0 atom stereocenters. The highest BCUT2D eigenvalue weighted by atomic mass is 15.6. The second-order valence-electron chi connectivity index (χ2n) is 6.72. The van der Waals surface area contributed by atoms with Crippen LogP contribution in [0.15, 0.2) is 60.7 Å². The van der Waals surface area contributed by atoms with E-state index in [1.807, 2.05) is 12.1 Å². The van der Waals surface area contributed by atoms with E-state index in [-0.39, 0.29) is 0 Å². The summed E-state index contributed by atoms with van der Waals surface area (Å²) in [7, 11) is 0. The summed E-state index contributed by atoms with van der Waals surface area (Å²) in [6, 6.07) is 21.1. The molecule has 0 saturated carbocycles. The van der Waals surface area contributed by atoms with Crippen LogP contribution < -0.4 is 10.2 Å². The van der Waals surface area contributed by atoms with Crippen LogP contribution in [0.4, 0.5) is 11.5 Å². The Labute approximate surface area is 156 Å². The van der Waals surface area contributed by atoms with Gasteiger partial charge in [-0.25, -0.2) is 0 Å². The average Bonchev–Trinajstić information content (AvgIpc) is 3.34. The highest BCUT2D eigenvalue weighted by Gasteiger charge is 2.18. The van der Waals surface area contributed by atoms with Crippen molar-refractivity contribution in [3.8, 4) is 0 Å². The van der Waals surface area contributed by atoms with Crippen LogP contribution in [-0.4, -0.2) is 31.8 Å². The number of fused-ring (bicyclic) bond motifs is 2. The molecule has 0 amide bonds. The van der Waals surface area contributed by atoms with Crippen molar-refractivity contribution in [1.29, 1.82) is 0 Å². The van der Waals surface area contributed by atoms with Crippen molar-refractivity contribution in [2.75, 3.05) is 16.8 Å². The Morgan fingerprint density at radius 1 is 0.926 bits per heavy atom. The first-order valence-corrected chi connectivity index (χ1v) is 9.05. The molecule has 1 N–H and O–H groups in total. The van der Waals surface area contributed by atoms with E-state index in [0.29, 0.717) is 12.2 Å². The third-order valence-electron chi connectivity index (χ3n) is 4.92. The predicted octanol–water partition coefficient (Wildman–Crippen LogP) is 2.69. The van der Waals surface area contributed by atoms with Gasteiger partial charge in [0, 0.05) is 25.3 Å². The molecule has 4 aromatic rings. The summed E-state index contributed by atoms with van der Waals surface area (Å²) >= 11 is 0. The molecule has 0 spiro atoms. The molecule has 0 radical (unpaired) electrons. The molecule has 0 bridgehead atoms. The van der Waals surface area contributed by atoms with Crippen LogP contribution in [0.5, 0.6) is 0 Å². The molecular weight excluding hydrogens is 338 g/mol. The molecule has 3 heterocycles. The van der Waals surface area contributed by atoms with Crippen molar-refractivity contribution in [3.05, 3.63) is 77.4 Å². The number of rotatable bonds is 5. The summed E-state index contributed by atoms with van der Waals surface area (Å²) in [6.45, 7) is 2.74. The molecule has 0 fully saturated rings. The standard InChI is InChI=1S/C20H19N7/c1-2-4-18-17(3-1)11-12-26(18)14-16-7-5-15(6-8-16)13-21-19-9-10-20-22-24-25-27(20)23-19/h1-10H,11-14H2,(H,21,23). The van der Waals surface area contributed by atoms with Crippen LogP contribution in [0.3, 0.4) is 0 Å². The molecule has 1 aliphatic rings. The third kappa shape index (κ3) is 3.19. The van der Waals surface area contributed by atoms with Crippen LogP contribution in [0, 0.1) is 0 Å². The van der Waals surface area contributed by atoms with Crippen LogP contribution in [0.1, 0.15) is 16.7 Å². The van der Waals surface area contributed by atoms with Gasteiger partial charge in [0.1, 0.15) is 5.82 Å². The molecule has 0 unspecified atom stereocenters. The molecule has 27 heavy (non-hydrogen) atoms. The lowest BCUT2D eigenvalue weighted by molar-refractivity contribution is 0.734. The predicted molar refractivity (Wildman–Crippen MR) is 104 cm³/mol. The van der Waals surface area contributed by atoms with E-state index in [0.717, 1.165) is 25.3 Å². The van der Waals surface area contributed by atoms with Crippen molar-refractivity contribution in [2.24, 2.45) is 0 Å². The van der Waals surface area contributed by atoms with E-state index in [4.69, 9.17) is 0 Å². The van der Waals surface area contributed by atoms with Gasteiger partial charge in [-0.05, 0) is 51.7 Å². The lowest BCUT2D eigenvalue weighted by Crippen LogP contribution is -2.19. The number of aromatic nitrogens is 5. The zero-order chi connectivity index (χ0) is 18.1. The number of nitrogens with one attached hydrogen (secondary N) is 1. The fourth-order valence-electron chi connectivity index (χ4n) is 3.49. The monoisotopic (exact) mass is 357 g/mol. The number of hydrogen-bond acceptors (Lipinski definition) is 6. The van der Waals surface area contributed by atoms with Crippen molar-refractivity contribution in [1.82, 2.24) is 25.3 Å². The van der Waals surface area contributed by atoms with Gasteiger partial charge in [0.15, 0.2) is 5.65 Å². The Kier molecular flexibility index (Phi) is 3.90. The number of hydrogen-bond donors (Lipinski definition) is 1. The molecule has 7 heteroatoms. The van der Waals surface area contributed by atoms with E-state index in [2.05, 4.69) is 79.4 Å². The second kappa shape index (κ2) is 6.68. The fraction of sp³-hybridized carbons (Fsp3) is 0.200. The van der Waals surface area contributed by atoms with Gasteiger partial charge in [-0.1, -0.05) is 42.5 Å². The maximum absolute atomic E-state index is 4.32. The van der Waals surface area contributed by atoms with E-state index < -0.39 is 0 Å². The maximum atomic E-state index is 4.32. The SMILES string of the molecule is c1ccc2c(c1)CCN2Cc1ccc(CNc2ccc3nnnn3n2)cc1. The minimum absolute atomic E-state index is 0.633. The lowest BCUT2D eigenvalue weighted by Gasteiger charge is -2.19. The summed E-state index contributed by atoms with van der Waals surface area (Å²) in [5.74, 6) is 0.743. The fourth-order valence-corrected chi connectivity index (χ4v) is 3.49. The first kappa shape index (κ1) is 15.7. The van der Waals surface area contributed by atoms with Crippen molar-refractivity contribution < 1.29 is 0 Å². The molecule has 1 aliphatic heterocycles. The largest absolute Gasteiger partial charge is 0.367 e. The Hall–Kier alpha value is -3.48. The highest BCUT2D eigenvalue weighted by Crippen LogP contribution is 2.28. The number of anilines is 2. The molecule has 134 valence electrons. The molecule has 2 aromatic carbocycles. The molecule has 5 rings (SSSR count). The van der Waals surface area contributed by atoms with Crippen molar-refractivity contribution in [3.63, 3.8) is 0 Å². The van der Waals surface area contributed by atoms with Crippen LogP contribution in [0.25, 0.3) is 5.65 Å². The van der Waals surface area contributed by atoms with Gasteiger partial charge >= 0.3 is 0 Å². The first-order chi connectivity index (χ1) is 13.3. The van der Waals surface area contributed by atoms with Crippen molar-refractivity contribution >= 4 is 17.2 Å². The van der Waals surface area contributed by atoms with Crippen LogP contribution in [-0.2, 0) is 19.5 Å². The van der Waals surface area contributed by atoms with Gasteiger partial charge in [-0.15, -0.1) is 14.8 Å². The number of tetrazole rings is 1. The van der Waals surface area contributed by atoms with Gasteiger partial charge in [0.2, 0.25) is 0 Å². The third-order valence-corrected chi connectivity index (χ3v) is 4.92. The highest BCUT2D eigenvalue weighted by molar-refractivity contribution is 5.58. The smallest absolute Gasteiger partial charge is 0.200 e. The van der Waals surface area contributed by atoms with E-state index in [9.17, 15) is 0 Å². The van der Waals surface area contributed by atoms with Crippen molar-refractivity contribution in [2.45, 2.75) is 19.5 Å². The van der Waals surface area contributed by atoms with E-state index >= 15 is 0 Å². The summed E-state index contributed by atoms with van der Waals surface area (Å²) in [6.07, 6.45) is 1.14.